The Labute approximate surface area is 211 Å². The first kappa shape index (κ1) is 27.2. The first-order valence-corrected chi connectivity index (χ1v) is 14.7. The molecule has 2 aromatic rings. The normalized spacial score (nSPS) is 17.1. The predicted octanol–water partition coefficient (Wildman–Crippen LogP) is 3.07. The van der Waals surface area contributed by atoms with Crippen molar-refractivity contribution < 1.29 is 43.9 Å². The van der Waals surface area contributed by atoms with Gasteiger partial charge in [-0.05, 0) is 49.2 Å². The van der Waals surface area contributed by atoms with Crippen LogP contribution in [0.15, 0.2) is 46.2 Å². The largest absolute Gasteiger partial charge is 0.483 e. The van der Waals surface area contributed by atoms with Crippen LogP contribution in [0.3, 0.4) is 0 Å². The lowest BCUT2D eigenvalue weighted by molar-refractivity contribution is -0.153. The molecule has 2 aromatic carbocycles. The lowest BCUT2D eigenvalue weighted by atomic mass is 10.1. The van der Waals surface area contributed by atoms with Crippen molar-refractivity contribution in [2.24, 2.45) is 0 Å². The smallest absolute Gasteiger partial charge is 0.422 e. The van der Waals surface area contributed by atoms with Gasteiger partial charge in [0.25, 0.3) is 5.91 Å². The topological polar surface area (TPSA) is 101 Å². The number of ether oxygens (including phenoxy) is 1. The summed E-state index contributed by atoms with van der Waals surface area (Å²) in [5, 5.41) is -0.474. The van der Waals surface area contributed by atoms with E-state index in [1.54, 1.807) is 4.90 Å². The Morgan fingerprint density at radius 2 is 1.59 bits per heavy atom. The van der Waals surface area contributed by atoms with E-state index in [2.05, 4.69) is 0 Å². The Balaban J connectivity index is 1.50. The van der Waals surface area contributed by atoms with Crippen molar-refractivity contribution in [1.82, 2.24) is 4.90 Å². The molecular weight excluding hydrogens is 540 g/mol. The van der Waals surface area contributed by atoms with Crippen LogP contribution in [0, 0.1) is 5.82 Å². The number of amides is 1. The highest BCUT2D eigenvalue weighted by atomic mass is 32.2. The van der Waals surface area contributed by atoms with Crippen molar-refractivity contribution in [1.29, 1.82) is 0 Å². The van der Waals surface area contributed by atoms with E-state index in [-0.39, 0.29) is 47.2 Å². The van der Waals surface area contributed by atoms with Gasteiger partial charge < -0.3 is 14.5 Å². The van der Waals surface area contributed by atoms with E-state index in [0.29, 0.717) is 12.8 Å². The maximum atomic E-state index is 14.8. The molecule has 4 rings (SSSR count). The number of sulfone groups is 2. The first-order chi connectivity index (χ1) is 17.2. The average molecular weight is 565 g/mol. The van der Waals surface area contributed by atoms with E-state index in [4.69, 9.17) is 4.74 Å². The number of halogens is 4. The first-order valence-electron chi connectivity index (χ1n) is 11.3. The highest BCUT2D eigenvalue weighted by Gasteiger charge is 2.37. The Kier molecular flexibility index (Phi) is 7.18. The van der Waals surface area contributed by atoms with Gasteiger partial charge in [0.2, 0.25) is 0 Å². The quantitative estimate of drug-likeness (QED) is 0.477. The summed E-state index contributed by atoms with van der Waals surface area (Å²) in [7, 11) is -7.31. The Morgan fingerprint density at radius 1 is 0.973 bits per heavy atom. The number of rotatable bonds is 7. The third kappa shape index (κ3) is 6.17. The van der Waals surface area contributed by atoms with Crippen LogP contribution in [0.4, 0.5) is 23.2 Å². The fraction of sp³-hybridized carbons (Fsp3) is 0.435. The van der Waals surface area contributed by atoms with Crippen molar-refractivity contribution in [2.75, 3.05) is 43.9 Å². The van der Waals surface area contributed by atoms with E-state index in [1.165, 1.54) is 17.0 Å². The lowest BCUT2D eigenvalue weighted by Crippen LogP contribution is -2.49. The number of alkyl halides is 3. The monoisotopic (exact) mass is 564 g/mol. The predicted molar refractivity (Wildman–Crippen MR) is 126 cm³/mol. The zero-order valence-corrected chi connectivity index (χ0v) is 21.3. The summed E-state index contributed by atoms with van der Waals surface area (Å²) in [6.45, 7) is -1.24. The molecule has 37 heavy (non-hydrogen) atoms. The second-order valence-corrected chi connectivity index (χ2v) is 13.2. The average Bonchev–Trinajstić information content (AvgIpc) is 3.67. The maximum absolute atomic E-state index is 14.8. The van der Waals surface area contributed by atoms with Gasteiger partial charge >= 0.3 is 6.18 Å². The summed E-state index contributed by atoms with van der Waals surface area (Å²) >= 11 is 0. The van der Waals surface area contributed by atoms with E-state index < -0.39 is 55.2 Å². The molecule has 2 aliphatic rings. The molecule has 8 nitrogen and oxygen atoms in total. The number of hydrogen-bond donors (Lipinski definition) is 0. The van der Waals surface area contributed by atoms with Gasteiger partial charge in [-0.1, -0.05) is 0 Å². The molecule has 1 saturated heterocycles. The zero-order chi connectivity index (χ0) is 27.2. The fourth-order valence-corrected chi connectivity index (χ4v) is 6.32. The minimum absolute atomic E-state index is 0.0577. The summed E-state index contributed by atoms with van der Waals surface area (Å²) in [5.41, 5.74) is -0.170. The van der Waals surface area contributed by atoms with Crippen LogP contribution in [0.2, 0.25) is 0 Å². The van der Waals surface area contributed by atoms with Crippen LogP contribution in [0.5, 0.6) is 5.75 Å². The van der Waals surface area contributed by atoms with E-state index >= 15 is 0 Å². The maximum Gasteiger partial charge on any atom is 0.422 e. The van der Waals surface area contributed by atoms with E-state index in [0.717, 1.165) is 30.5 Å². The van der Waals surface area contributed by atoms with Gasteiger partial charge in [0.05, 0.1) is 26.3 Å². The molecule has 0 spiro atoms. The van der Waals surface area contributed by atoms with E-state index in [9.17, 15) is 39.2 Å². The number of anilines is 1. The Bertz CT molecular complexity index is 1420. The molecule has 0 unspecified atom stereocenters. The molecule has 1 amide bonds. The SMILES string of the molecule is CS(=O)(=O)c1ccc(OCC(F)(F)F)c(C(=O)N2CCN(c3ccc(S(=O)(=O)C4CC4)cc3F)CC2)c1. The summed E-state index contributed by atoms with van der Waals surface area (Å²) in [5.74, 6) is -1.85. The number of carbonyl (C=O) groups excluding carboxylic acids is 1. The molecule has 14 heteroatoms. The molecule has 1 aliphatic carbocycles. The standard InChI is InChI=1S/C23H24F4N2O6S2/c1-36(31,32)16-5-7-21(35-14-23(25,26)27)18(12-16)22(30)29-10-8-28(9-11-29)20-6-4-17(13-19(20)24)37(33,34)15-2-3-15/h4-7,12-13,15H,2-3,8-11,14H2,1H3. The summed E-state index contributed by atoms with van der Waals surface area (Å²) in [4.78, 5) is 15.8. The summed E-state index contributed by atoms with van der Waals surface area (Å²) < 4.78 is 106. The molecule has 202 valence electrons. The molecule has 1 heterocycles. The van der Waals surface area contributed by atoms with Crippen LogP contribution in [-0.2, 0) is 19.7 Å². The van der Waals surface area contributed by atoms with Crippen LogP contribution < -0.4 is 9.64 Å². The van der Waals surface area contributed by atoms with Crippen LogP contribution in [-0.4, -0.2) is 78.1 Å². The van der Waals surface area contributed by atoms with Gasteiger partial charge in [-0.2, -0.15) is 13.2 Å². The number of benzene rings is 2. The van der Waals surface area contributed by atoms with Crippen LogP contribution in [0.1, 0.15) is 23.2 Å². The molecule has 0 aromatic heterocycles. The third-order valence-electron chi connectivity index (χ3n) is 6.12. The number of nitrogens with zero attached hydrogens (tertiary/aromatic N) is 2. The van der Waals surface area contributed by atoms with Crippen molar-refractivity contribution in [3.05, 3.63) is 47.8 Å². The van der Waals surface area contributed by atoms with Gasteiger partial charge in [0, 0.05) is 32.4 Å². The van der Waals surface area contributed by atoms with Crippen molar-refractivity contribution in [3.8, 4) is 5.75 Å². The third-order valence-corrected chi connectivity index (χ3v) is 9.49. The second kappa shape index (κ2) is 9.78. The van der Waals surface area contributed by atoms with Gasteiger partial charge in [0.15, 0.2) is 26.3 Å². The summed E-state index contributed by atoms with van der Waals surface area (Å²) in [6.07, 6.45) is -2.66. The molecule has 0 atom stereocenters. The van der Waals surface area contributed by atoms with Crippen molar-refractivity contribution >= 4 is 31.3 Å². The van der Waals surface area contributed by atoms with Gasteiger partial charge in [-0.25, -0.2) is 21.2 Å². The number of piperazine rings is 1. The van der Waals surface area contributed by atoms with Gasteiger partial charge in [-0.3, -0.25) is 4.79 Å². The fourth-order valence-electron chi connectivity index (χ4n) is 4.00. The van der Waals surface area contributed by atoms with E-state index in [1.807, 2.05) is 0 Å². The summed E-state index contributed by atoms with van der Waals surface area (Å²) in [6, 6.07) is 6.77. The molecule has 2 fully saturated rings. The minimum Gasteiger partial charge on any atom is -0.483 e. The molecule has 1 aliphatic heterocycles. The van der Waals surface area contributed by atoms with Crippen molar-refractivity contribution in [2.45, 2.75) is 34.1 Å². The number of carbonyl (C=O) groups is 1. The number of hydrogen-bond acceptors (Lipinski definition) is 7. The molecule has 1 saturated carbocycles. The highest BCUT2D eigenvalue weighted by molar-refractivity contribution is 7.92. The minimum atomic E-state index is -4.67. The molecule has 0 bridgehead atoms. The van der Waals surface area contributed by atoms with Crippen molar-refractivity contribution in [3.63, 3.8) is 0 Å². The Hall–Kier alpha value is -2.87. The molecule has 0 N–H and O–H groups in total. The second-order valence-electron chi connectivity index (χ2n) is 8.97. The highest BCUT2D eigenvalue weighted by Crippen LogP contribution is 2.35. The van der Waals surface area contributed by atoms with Crippen LogP contribution >= 0.6 is 0 Å². The molecule has 0 radical (unpaired) electrons. The van der Waals surface area contributed by atoms with Gasteiger partial charge in [0.1, 0.15) is 11.6 Å². The zero-order valence-electron chi connectivity index (χ0n) is 19.7. The Morgan fingerprint density at radius 3 is 2.14 bits per heavy atom. The lowest BCUT2D eigenvalue weighted by Gasteiger charge is -2.36. The van der Waals surface area contributed by atoms with Gasteiger partial charge in [-0.15, -0.1) is 0 Å². The molecular formula is C23H24F4N2O6S2. The van der Waals surface area contributed by atoms with Crippen LogP contribution in [0.25, 0.3) is 0 Å².